The topological polar surface area (TPSA) is 85.1 Å². The zero-order chi connectivity index (χ0) is 13.8. The van der Waals surface area contributed by atoms with Crippen LogP contribution >= 0.6 is 27.3 Å². The van der Waals surface area contributed by atoms with Crippen molar-refractivity contribution in [2.75, 3.05) is 5.32 Å². The van der Waals surface area contributed by atoms with Crippen molar-refractivity contribution in [3.8, 4) is 0 Å². The minimum Gasteiger partial charge on any atom is -0.298 e. The van der Waals surface area contributed by atoms with Gasteiger partial charge in [-0.15, -0.1) is 0 Å². The Labute approximate surface area is 120 Å². The van der Waals surface area contributed by atoms with E-state index in [0.717, 1.165) is 23.1 Å². The van der Waals surface area contributed by atoms with E-state index < -0.39 is 4.92 Å². The maximum atomic E-state index is 11.9. The predicted molar refractivity (Wildman–Crippen MR) is 75.8 cm³/mol. The van der Waals surface area contributed by atoms with Gasteiger partial charge < -0.3 is 0 Å². The van der Waals surface area contributed by atoms with Crippen molar-refractivity contribution < 1.29 is 9.72 Å². The van der Waals surface area contributed by atoms with Crippen molar-refractivity contribution in [1.29, 1.82) is 0 Å². The van der Waals surface area contributed by atoms with E-state index in [1.165, 1.54) is 0 Å². The molecule has 0 unspecified atom stereocenters. The Morgan fingerprint density at radius 1 is 1.42 bits per heavy atom. The van der Waals surface area contributed by atoms with Crippen molar-refractivity contribution in [3.05, 3.63) is 51.7 Å². The van der Waals surface area contributed by atoms with Gasteiger partial charge in [0.2, 0.25) is 0 Å². The second kappa shape index (κ2) is 5.89. The average Bonchev–Trinajstić information content (AvgIpc) is 2.87. The summed E-state index contributed by atoms with van der Waals surface area (Å²) in [5.74, 6) is -0.342. The molecule has 0 aliphatic carbocycles. The number of nitrogens with zero attached hydrogens (tertiary/aromatic N) is 2. The number of aromatic nitrogens is 1. The number of rotatable bonds is 4. The molecule has 6 nitrogen and oxygen atoms in total. The number of hydrogen-bond donors (Lipinski definition) is 1. The Balaban J connectivity index is 2.08. The Bertz CT molecular complexity index is 612. The van der Waals surface area contributed by atoms with Gasteiger partial charge in [-0.3, -0.25) is 20.2 Å². The lowest BCUT2D eigenvalue weighted by Gasteiger charge is -2.02. The van der Waals surface area contributed by atoms with Gasteiger partial charge in [0, 0.05) is 10.9 Å². The summed E-state index contributed by atoms with van der Waals surface area (Å²) in [6.45, 7) is 0. The molecule has 2 aromatic rings. The van der Waals surface area contributed by atoms with Crippen LogP contribution < -0.4 is 5.32 Å². The summed E-state index contributed by atoms with van der Waals surface area (Å²) < 4.78 is 0. The van der Waals surface area contributed by atoms with E-state index in [1.54, 1.807) is 12.1 Å². The molecule has 19 heavy (non-hydrogen) atoms. The quantitative estimate of drug-likeness (QED) is 0.525. The SMILES string of the molecule is O=C(Nc1ncc([N+](=O)[O-])s1)c1ccc(CBr)cc1. The van der Waals surface area contributed by atoms with Crippen LogP contribution in [0.1, 0.15) is 15.9 Å². The van der Waals surface area contributed by atoms with Gasteiger partial charge in [0.15, 0.2) is 5.13 Å². The number of carbonyl (C=O) groups excluding carboxylic acids is 1. The van der Waals surface area contributed by atoms with E-state index in [1.807, 2.05) is 12.1 Å². The fourth-order valence-electron chi connectivity index (χ4n) is 1.32. The highest BCUT2D eigenvalue weighted by atomic mass is 79.9. The summed E-state index contributed by atoms with van der Waals surface area (Å²) in [6, 6.07) is 7.03. The number of nitro groups is 1. The Hall–Kier alpha value is -1.80. The molecule has 0 saturated heterocycles. The van der Waals surface area contributed by atoms with Crippen molar-refractivity contribution >= 4 is 43.3 Å². The van der Waals surface area contributed by atoms with Crippen LogP contribution in [0.4, 0.5) is 10.1 Å². The molecule has 98 valence electrons. The maximum Gasteiger partial charge on any atom is 0.345 e. The molecule has 0 aliphatic heterocycles. The molecule has 2 rings (SSSR count). The van der Waals surface area contributed by atoms with Gasteiger partial charge in [0.25, 0.3) is 5.91 Å². The number of alkyl halides is 1. The van der Waals surface area contributed by atoms with Crippen molar-refractivity contribution in [2.45, 2.75) is 5.33 Å². The van der Waals surface area contributed by atoms with E-state index in [0.29, 0.717) is 10.9 Å². The molecule has 8 heteroatoms. The minimum atomic E-state index is -0.544. The first-order valence-corrected chi connectivity index (χ1v) is 7.10. The molecule has 1 amide bonds. The first kappa shape index (κ1) is 13.6. The summed E-state index contributed by atoms with van der Waals surface area (Å²) >= 11 is 4.14. The Morgan fingerprint density at radius 3 is 2.63 bits per heavy atom. The molecule has 1 aromatic carbocycles. The fourth-order valence-corrected chi connectivity index (χ4v) is 2.32. The van der Waals surface area contributed by atoms with E-state index in [-0.39, 0.29) is 16.0 Å². The van der Waals surface area contributed by atoms with Gasteiger partial charge in [0.1, 0.15) is 6.20 Å². The number of benzene rings is 1. The van der Waals surface area contributed by atoms with E-state index in [4.69, 9.17) is 0 Å². The van der Waals surface area contributed by atoms with Crippen molar-refractivity contribution in [2.24, 2.45) is 0 Å². The number of amides is 1. The summed E-state index contributed by atoms with van der Waals surface area (Å²) in [7, 11) is 0. The third-order valence-corrected chi connectivity index (χ3v) is 3.78. The van der Waals surface area contributed by atoms with Gasteiger partial charge >= 0.3 is 5.00 Å². The first-order valence-electron chi connectivity index (χ1n) is 5.16. The average molecular weight is 342 g/mol. The number of halogens is 1. The number of hydrogen-bond acceptors (Lipinski definition) is 5. The lowest BCUT2D eigenvalue weighted by atomic mass is 10.1. The number of nitrogens with one attached hydrogen (secondary N) is 1. The Kier molecular flexibility index (Phi) is 4.23. The molecule has 1 N–H and O–H groups in total. The molecular weight excluding hydrogens is 334 g/mol. The molecule has 0 saturated carbocycles. The second-order valence-corrected chi connectivity index (χ2v) is 5.12. The summed E-state index contributed by atoms with van der Waals surface area (Å²) in [4.78, 5) is 25.6. The summed E-state index contributed by atoms with van der Waals surface area (Å²) in [6.07, 6.45) is 1.12. The lowest BCUT2D eigenvalue weighted by molar-refractivity contribution is -0.380. The van der Waals surface area contributed by atoms with E-state index in [9.17, 15) is 14.9 Å². The Morgan fingerprint density at radius 2 is 2.11 bits per heavy atom. The standard InChI is InChI=1S/C11H8BrN3O3S/c12-5-7-1-3-8(4-2-7)10(16)14-11-13-6-9(19-11)15(17)18/h1-4,6H,5H2,(H,13,14,16). The zero-order valence-electron chi connectivity index (χ0n) is 9.50. The van der Waals surface area contributed by atoms with Crippen LogP contribution in [0.15, 0.2) is 30.5 Å². The maximum absolute atomic E-state index is 11.9. The lowest BCUT2D eigenvalue weighted by Crippen LogP contribution is -2.11. The molecule has 0 spiro atoms. The predicted octanol–water partition coefficient (Wildman–Crippen LogP) is 3.20. The molecule has 0 fully saturated rings. The monoisotopic (exact) mass is 341 g/mol. The van der Waals surface area contributed by atoms with Gasteiger partial charge in [-0.25, -0.2) is 4.98 Å². The summed E-state index contributed by atoms with van der Waals surface area (Å²) in [5.41, 5.74) is 1.53. The van der Waals surface area contributed by atoms with E-state index in [2.05, 4.69) is 26.2 Å². The van der Waals surface area contributed by atoms with Crippen molar-refractivity contribution in [3.63, 3.8) is 0 Å². The molecule has 0 bridgehead atoms. The fraction of sp³-hybridized carbons (Fsp3) is 0.0909. The smallest absolute Gasteiger partial charge is 0.298 e. The van der Waals surface area contributed by atoms with Crippen LogP contribution in [0.25, 0.3) is 0 Å². The van der Waals surface area contributed by atoms with Crippen LogP contribution in [-0.4, -0.2) is 15.8 Å². The van der Waals surface area contributed by atoms with E-state index >= 15 is 0 Å². The van der Waals surface area contributed by atoms with Crippen LogP contribution in [0, 0.1) is 10.1 Å². The summed E-state index contributed by atoms with van der Waals surface area (Å²) in [5, 5.41) is 13.8. The van der Waals surface area contributed by atoms with Gasteiger partial charge in [0.05, 0.1) is 4.92 Å². The van der Waals surface area contributed by atoms with Crippen LogP contribution in [0.2, 0.25) is 0 Å². The third-order valence-electron chi connectivity index (χ3n) is 2.26. The minimum absolute atomic E-state index is 0.107. The molecule has 0 aliphatic rings. The number of thiazole rings is 1. The highest BCUT2D eigenvalue weighted by Gasteiger charge is 2.14. The largest absolute Gasteiger partial charge is 0.345 e. The first-order chi connectivity index (χ1) is 9.10. The third kappa shape index (κ3) is 3.36. The highest BCUT2D eigenvalue weighted by Crippen LogP contribution is 2.25. The molecule has 0 radical (unpaired) electrons. The van der Waals surface area contributed by atoms with Gasteiger partial charge in [-0.1, -0.05) is 28.1 Å². The van der Waals surface area contributed by atoms with Gasteiger partial charge in [-0.2, -0.15) is 0 Å². The normalized spacial score (nSPS) is 10.2. The molecule has 1 aromatic heterocycles. The number of anilines is 1. The van der Waals surface area contributed by atoms with Crippen LogP contribution in [0.3, 0.4) is 0 Å². The second-order valence-electron chi connectivity index (χ2n) is 3.55. The van der Waals surface area contributed by atoms with Gasteiger partial charge in [-0.05, 0) is 29.0 Å². The molecule has 0 atom stereocenters. The zero-order valence-corrected chi connectivity index (χ0v) is 11.9. The molecule has 1 heterocycles. The van der Waals surface area contributed by atoms with Crippen LogP contribution in [-0.2, 0) is 5.33 Å². The highest BCUT2D eigenvalue weighted by molar-refractivity contribution is 9.08. The van der Waals surface area contributed by atoms with Crippen molar-refractivity contribution in [1.82, 2.24) is 4.98 Å². The number of carbonyl (C=O) groups is 1. The molecular formula is C11H8BrN3O3S. The van der Waals surface area contributed by atoms with Crippen LogP contribution in [0.5, 0.6) is 0 Å².